The Kier molecular flexibility index (Phi) is 12.8. The second-order valence-electron chi connectivity index (χ2n) is 4.40. The standard InChI is InChI=1S/C18H15NS.3C2H6/c1-3-15-17(4-2)20-18-13-9-8-12-16(18)19(15)14-10-6-5-7-11-14;3*1-2/h3-13H,1-2H2;3*1-2H3. The molecule has 1 aliphatic heterocycles. The SMILES string of the molecule is C=CC1=C(C=C)N(c2ccccc2)c2ccccc2S1.CC.CC.CC. The van der Waals surface area contributed by atoms with Crippen LogP contribution in [-0.4, -0.2) is 0 Å². The van der Waals surface area contributed by atoms with Crippen LogP contribution in [-0.2, 0) is 0 Å². The predicted molar refractivity (Wildman–Crippen MR) is 122 cm³/mol. The fourth-order valence-electron chi connectivity index (χ4n) is 2.33. The van der Waals surface area contributed by atoms with Crippen LogP contribution in [0.3, 0.4) is 0 Å². The van der Waals surface area contributed by atoms with Crippen LogP contribution in [0.4, 0.5) is 11.4 Å². The molecule has 0 bridgehead atoms. The smallest absolute Gasteiger partial charge is 0.0601 e. The molecular formula is C24H33NS. The summed E-state index contributed by atoms with van der Waals surface area (Å²) in [5, 5.41) is 0. The molecule has 0 spiro atoms. The van der Waals surface area contributed by atoms with Gasteiger partial charge in [-0.1, -0.05) is 103 Å². The Morgan fingerprint density at radius 1 is 0.731 bits per heavy atom. The minimum Gasteiger partial charge on any atom is -0.308 e. The molecule has 0 radical (unpaired) electrons. The molecule has 140 valence electrons. The van der Waals surface area contributed by atoms with Crippen molar-refractivity contribution in [1.29, 1.82) is 0 Å². The van der Waals surface area contributed by atoms with Crippen molar-refractivity contribution in [2.45, 2.75) is 46.4 Å². The number of para-hydroxylation sites is 2. The lowest BCUT2D eigenvalue weighted by atomic mass is 10.2. The van der Waals surface area contributed by atoms with Gasteiger partial charge in [-0.25, -0.2) is 0 Å². The van der Waals surface area contributed by atoms with E-state index in [2.05, 4.69) is 54.5 Å². The van der Waals surface area contributed by atoms with Crippen molar-refractivity contribution in [3.8, 4) is 0 Å². The summed E-state index contributed by atoms with van der Waals surface area (Å²) in [5.41, 5.74) is 3.40. The van der Waals surface area contributed by atoms with E-state index in [9.17, 15) is 0 Å². The summed E-state index contributed by atoms with van der Waals surface area (Å²) in [6.07, 6.45) is 3.79. The van der Waals surface area contributed by atoms with Gasteiger partial charge in [0.2, 0.25) is 0 Å². The molecule has 0 amide bonds. The summed E-state index contributed by atoms with van der Waals surface area (Å²) < 4.78 is 0. The van der Waals surface area contributed by atoms with Crippen molar-refractivity contribution in [1.82, 2.24) is 0 Å². The van der Waals surface area contributed by atoms with E-state index in [0.717, 1.165) is 16.3 Å². The molecule has 2 heteroatoms. The molecule has 2 aromatic carbocycles. The first-order chi connectivity index (χ1) is 12.8. The normalized spacial score (nSPS) is 11.4. The third kappa shape index (κ3) is 5.67. The van der Waals surface area contributed by atoms with Gasteiger partial charge in [-0.3, -0.25) is 0 Å². The molecule has 2 aromatic rings. The van der Waals surface area contributed by atoms with Crippen LogP contribution < -0.4 is 4.90 Å². The van der Waals surface area contributed by atoms with Crippen molar-refractivity contribution in [3.63, 3.8) is 0 Å². The molecule has 0 aliphatic carbocycles. The fourth-order valence-corrected chi connectivity index (χ4v) is 3.34. The van der Waals surface area contributed by atoms with Crippen molar-refractivity contribution in [2.75, 3.05) is 4.90 Å². The highest BCUT2D eigenvalue weighted by molar-refractivity contribution is 8.03. The zero-order valence-corrected chi connectivity index (χ0v) is 17.9. The van der Waals surface area contributed by atoms with E-state index in [-0.39, 0.29) is 0 Å². The average Bonchev–Trinajstić information content (AvgIpc) is 2.77. The molecule has 0 N–H and O–H groups in total. The zero-order valence-electron chi connectivity index (χ0n) is 17.1. The molecule has 0 saturated carbocycles. The van der Waals surface area contributed by atoms with Gasteiger partial charge in [0, 0.05) is 15.5 Å². The van der Waals surface area contributed by atoms with E-state index >= 15 is 0 Å². The van der Waals surface area contributed by atoms with Gasteiger partial charge in [-0.2, -0.15) is 0 Å². The second kappa shape index (κ2) is 14.0. The highest BCUT2D eigenvalue weighted by Crippen LogP contribution is 2.47. The van der Waals surface area contributed by atoms with Gasteiger partial charge in [0.1, 0.15) is 0 Å². The highest BCUT2D eigenvalue weighted by atomic mass is 32.2. The van der Waals surface area contributed by atoms with Crippen LogP contribution >= 0.6 is 11.8 Å². The van der Waals surface area contributed by atoms with Gasteiger partial charge in [0.05, 0.1) is 11.4 Å². The summed E-state index contributed by atoms with van der Waals surface area (Å²) in [4.78, 5) is 4.59. The Morgan fingerprint density at radius 3 is 1.81 bits per heavy atom. The molecule has 0 saturated heterocycles. The fraction of sp³-hybridized carbons (Fsp3) is 0.250. The number of rotatable bonds is 3. The van der Waals surface area contributed by atoms with Crippen molar-refractivity contribution in [3.05, 3.63) is 90.5 Å². The van der Waals surface area contributed by atoms with E-state index in [1.807, 2.05) is 71.9 Å². The van der Waals surface area contributed by atoms with Gasteiger partial charge >= 0.3 is 0 Å². The molecule has 1 nitrogen and oxygen atoms in total. The molecule has 0 aromatic heterocycles. The van der Waals surface area contributed by atoms with Crippen LogP contribution in [0.5, 0.6) is 0 Å². The second-order valence-corrected chi connectivity index (χ2v) is 5.48. The minimum atomic E-state index is 1.08. The maximum atomic E-state index is 3.97. The Labute approximate surface area is 165 Å². The van der Waals surface area contributed by atoms with Crippen LogP contribution in [0, 0.1) is 0 Å². The van der Waals surface area contributed by atoms with Crippen molar-refractivity contribution >= 4 is 23.1 Å². The number of allylic oxidation sites excluding steroid dienone is 2. The number of fused-ring (bicyclic) bond motifs is 1. The zero-order chi connectivity index (χ0) is 19.9. The quantitative estimate of drug-likeness (QED) is 0.534. The summed E-state index contributed by atoms with van der Waals surface area (Å²) >= 11 is 1.74. The molecule has 26 heavy (non-hydrogen) atoms. The van der Waals surface area contributed by atoms with Crippen molar-refractivity contribution in [2.24, 2.45) is 0 Å². The maximum absolute atomic E-state index is 3.97. The van der Waals surface area contributed by atoms with E-state index in [0.29, 0.717) is 0 Å². The first-order valence-electron chi connectivity index (χ1n) is 9.46. The molecular weight excluding hydrogens is 334 g/mol. The topological polar surface area (TPSA) is 3.24 Å². The lowest BCUT2D eigenvalue weighted by molar-refractivity contribution is 1.15. The molecule has 0 unspecified atom stereocenters. The average molecular weight is 368 g/mol. The molecule has 0 atom stereocenters. The van der Waals surface area contributed by atoms with E-state index in [4.69, 9.17) is 0 Å². The summed E-state index contributed by atoms with van der Waals surface area (Å²) in [6.45, 7) is 19.9. The Hall–Kier alpha value is -2.19. The molecule has 0 fully saturated rings. The monoisotopic (exact) mass is 367 g/mol. The Morgan fingerprint density at radius 2 is 1.27 bits per heavy atom. The number of nitrogens with zero attached hydrogens (tertiary/aromatic N) is 1. The summed E-state index contributed by atoms with van der Waals surface area (Å²) in [6, 6.07) is 18.7. The molecule has 1 aliphatic rings. The van der Waals surface area contributed by atoms with Gasteiger partial charge in [-0.15, -0.1) is 0 Å². The van der Waals surface area contributed by atoms with E-state index in [1.165, 1.54) is 10.6 Å². The van der Waals surface area contributed by atoms with E-state index < -0.39 is 0 Å². The first-order valence-corrected chi connectivity index (χ1v) is 10.3. The van der Waals surface area contributed by atoms with Gasteiger partial charge < -0.3 is 4.90 Å². The number of anilines is 2. The predicted octanol–water partition coefficient (Wildman–Crippen LogP) is 8.59. The number of benzene rings is 2. The lowest BCUT2D eigenvalue weighted by Gasteiger charge is -2.33. The Bertz CT molecular complexity index is 686. The minimum absolute atomic E-state index is 1.08. The van der Waals surface area contributed by atoms with E-state index in [1.54, 1.807) is 11.8 Å². The highest BCUT2D eigenvalue weighted by Gasteiger charge is 2.23. The third-order valence-electron chi connectivity index (χ3n) is 3.21. The number of hydrogen-bond acceptors (Lipinski definition) is 2. The van der Waals surface area contributed by atoms with Crippen LogP contribution in [0.2, 0.25) is 0 Å². The number of hydrogen-bond donors (Lipinski definition) is 0. The maximum Gasteiger partial charge on any atom is 0.0601 e. The first kappa shape index (κ1) is 23.8. The van der Waals surface area contributed by atoms with Crippen LogP contribution in [0.1, 0.15) is 41.5 Å². The van der Waals surface area contributed by atoms with Gasteiger partial charge in [-0.05, 0) is 30.3 Å². The largest absolute Gasteiger partial charge is 0.308 e. The summed E-state index contributed by atoms with van der Waals surface area (Å²) in [7, 11) is 0. The summed E-state index contributed by atoms with van der Waals surface area (Å²) in [5.74, 6) is 0. The van der Waals surface area contributed by atoms with Gasteiger partial charge in [0.25, 0.3) is 0 Å². The molecule has 1 heterocycles. The molecule has 3 rings (SSSR count). The number of thioether (sulfide) groups is 1. The van der Waals surface area contributed by atoms with Gasteiger partial charge in [0.15, 0.2) is 0 Å². The Balaban J connectivity index is 0.000000948. The third-order valence-corrected chi connectivity index (χ3v) is 4.37. The lowest BCUT2D eigenvalue weighted by Crippen LogP contribution is -2.19. The van der Waals surface area contributed by atoms with Crippen molar-refractivity contribution < 1.29 is 0 Å². The van der Waals surface area contributed by atoms with Crippen LogP contribution in [0.25, 0.3) is 0 Å². The van der Waals surface area contributed by atoms with Crippen LogP contribution in [0.15, 0.2) is 95.4 Å².